The van der Waals surface area contributed by atoms with Gasteiger partial charge in [-0.2, -0.15) is 28.2 Å². The first-order chi connectivity index (χ1) is 25.2. The molecule has 2 amide bonds. The number of hydrogen-bond acceptors (Lipinski definition) is 11. The van der Waals surface area contributed by atoms with E-state index >= 15 is 0 Å². The van der Waals surface area contributed by atoms with Crippen LogP contribution in [0.2, 0.25) is 0 Å². The molecule has 17 heteroatoms. The van der Waals surface area contributed by atoms with Crippen LogP contribution in [0.25, 0.3) is 5.69 Å². The SMILES string of the molecule is CCOC(=O)C1CC2(CCN(c3cc(OC(c4ccc(C(N)=O)cc4-n4ccc(C)n4)C(F)(F)F)nc(N)n3)CC2)CN1C(=O)OCc1ccccc1. The van der Waals surface area contributed by atoms with Gasteiger partial charge in [0.15, 0.2) is 0 Å². The first-order valence-corrected chi connectivity index (χ1v) is 17.0. The smallest absolute Gasteiger partial charge is 0.429 e. The summed E-state index contributed by atoms with van der Waals surface area (Å²) in [5, 5.41) is 4.23. The van der Waals surface area contributed by atoms with Gasteiger partial charge in [0, 0.05) is 43.0 Å². The Balaban J connectivity index is 1.20. The monoisotopic (exact) mass is 736 g/mol. The third-order valence-electron chi connectivity index (χ3n) is 9.46. The summed E-state index contributed by atoms with van der Waals surface area (Å²) < 4.78 is 61.9. The lowest BCUT2D eigenvalue weighted by atomic mass is 9.76. The van der Waals surface area contributed by atoms with Crippen LogP contribution in [0, 0.1) is 12.3 Å². The quantitative estimate of drug-likeness (QED) is 0.212. The minimum absolute atomic E-state index is 0.0164. The van der Waals surface area contributed by atoms with Crippen molar-refractivity contribution in [2.24, 2.45) is 11.1 Å². The van der Waals surface area contributed by atoms with Crippen molar-refractivity contribution < 1.29 is 41.8 Å². The Labute approximate surface area is 302 Å². The average Bonchev–Trinajstić information content (AvgIpc) is 3.73. The number of nitrogens with two attached hydrogens (primary N) is 2. The number of aryl methyl sites for hydroxylation is 1. The van der Waals surface area contributed by atoms with Crippen LogP contribution in [0.3, 0.4) is 0 Å². The summed E-state index contributed by atoms with van der Waals surface area (Å²) >= 11 is 0. The third-order valence-corrected chi connectivity index (χ3v) is 9.46. The van der Waals surface area contributed by atoms with E-state index in [4.69, 9.17) is 25.7 Å². The van der Waals surface area contributed by atoms with E-state index in [2.05, 4.69) is 15.1 Å². The minimum atomic E-state index is -4.94. The highest BCUT2D eigenvalue weighted by Gasteiger charge is 2.51. The van der Waals surface area contributed by atoms with Crippen molar-refractivity contribution in [2.75, 3.05) is 36.9 Å². The van der Waals surface area contributed by atoms with E-state index in [-0.39, 0.29) is 48.3 Å². The normalized spacial score (nSPS) is 17.4. The molecule has 4 N–H and O–H groups in total. The van der Waals surface area contributed by atoms with E-state index in [9.17, 15) is 27.6 Å². The zero-order valence-corrected chi connectivity index (χ0v) is 29.1. The lowest BCUT2D eigenvalue weighted by Gasteiger charge is -2.39. The Morgan fingerprint density at radius 2 is 1.75 bits per heavy atom. The second-order valence-corrected chi connectivity index (χ2v) is 13.1. The molecule has 1 spiro atoms. The molecule has 2 aliphatic heterocycles. The van der Waals surface area contributed by atoms with Gasteiger partial charge in [-0.25, -0.2) is 14.3 Å². The number of anilines is 2. The number of likely N-dealkylation sites (tertiary alicyclic amines) is 1. The van der Waals surface area contributed by atoms with Crippen LogP contribution in [0.1, 0.15) is 59.5 Å². The Kier molecular flexibility index (Phi) is 10.4. The maximum Gasteiger partial charge on any atom is 0.429 e. The standard InChI is InChI=1S/C36H39F3N8O6/c1-3-51-32(49)27-19-35(21-46(27)34(50)52-20-23-7-5-4-6-8-23)12-15-45(16-13-35)28-18-29(43-33(41)42-28)53-30(36(37,38)39)25-10-9-24(31(40)48)17-26(25)47-14-11-22(2)44-47/h4-11,14,17-18,27,30H,3,12-13,15-16,19-21H2,1-2H3,(H2,40,48)(H2,41,42,43). The molecule has 53 heavy (non-hydrogen) atoms. The summed E-state index contributed by atoms with van der Waals surface area (Å²) in [4.78, 5) is 49.7. The molecule has 2 fully saturated rings. The fourth-order valence-electron chi connectivity index (χ4n) is 6.82. The molecule has 2 unspecified atom stereocenters. The van der Waals surface area contributed by atoms with Crippen LogP contribution in [0.5, 0.6) is 5.88 Å². The topological polar surface area (TPSA) is 181 Å². The summed E-state index contributed by atoms with van der Waals surface area (Å²) in [6, 6.07) is 14.8. The number of ether oxygens (including phenoxy) is 3. The summed E-state index contributed by atoms with van der Waals surface area (Å²) in [5.41, 5.74) is 11.9. The lowest BCUT2D eigenvalue weighted by Crippen LogP contribution is -2.43. The molecule has 2 aromatic carbocycles. The summed E-state index contributed by atoms with van der Waals surface area (Å²) in [6.45, 7) is 4.60. The molecular weight excluding hydrogens is 697 g/mol. The predicted octanol–water partition coefficient (Wildman–Crippen LogP) is 4.90. The van der Waals surface area contributed by atoms with Crippen molar-refractivity contribution in [3.63, 3.8) is 0 Å². The van der Waals surface area contributed by atoms with Gasteiger partial charge in [-0.05, 0) is 62.3 Å². The fraction of sp³-hybridized carbons (Fsp3) is 0.389. The summed E-state index contributed by atoms with van der Waals surface area (Å²) in [7, 11) is 0. The molecule has 0 bridgehead atoms. The van der Waals surface area contributed by atoms with Gasteiger partial charge in [0.25, 0.3) is 0 Å². The number of primary amides is 1. The molecule has 2 saturated heterocycles. The van der Waals surface area contributed by atoms with Crippen molar-refractivity contribution >= 4 is 29.7 Å². The highest BCUT2D eigenvalue weighted by atomic mass is 19.4. The van der Waals surface area contributed by atoms with Gasteiger partial charge in [-0.3, -0.25) is 9.69 Å². The van der Waals surface area contributed by atoms with E-state index < -0.39 is 47.6 Å². The molecule has 280 valence electrons. The van der Waals surface area contributed by atoms with E-state index in [1.807, 2.05) is 35.2 Å². The van der Waals surface area contributed by atoms with Crippen molar-refractivity contribution in [3.8, 4) is 11.6 Å². The summed E-state index contributed by atoms with van der Waals surface area (Å²) in [6.07, 6.45) is -5.23. The number of carbonyl (C=O) groups is 3. The average molecular weight is 737 g/mol. The van der Waals surface area contributed by atoms with Crippen molar-refractivity contribution in [3.05, 3.63) is 89.2 Å². The Morgan fingerprint density at radius 1 is 1.02 bits per heavy atom. The largest absolute Gasteiger partial charge is 0.464 e. The van der Waals surface area contributed by atoms with Crippen LogP contribution in [0.15, 0.2) is 66.9 Å². The number of alkyl halides is 3. The second kappa shape index (κ2) is 15.0. The highest BCUT2D eigenvalue weighted by molar-refractivity contribution is 5.93. The number of rotatable bonds is 10. The van der Waals surface area contributed by atoms with Gasteiger partial charge in [-0.1, -0.05) is 36.4 Å². The van der Waals surface area contributed by atoms with E-state index in [0.717, 1.165) is 11.6 Å². The van der Waals surface area contributed by atoms with Gasteiger partial charge in [0.2, 0.25) is 23.8 Å². The number of nitrogens with zero attached hydrogens (tertiary/aromatic N) is 6. The zero-order chi connectivity index (χ0) is 37.9. The first-order valence-electron chi connectivity index (χ1n) is 17.0. The van der Waals surface area contributed by atoms with Crippen LogP contribution in [0.4, 0.5) is 29.7 Å². The van der Waals surface area contributed by atoms with Gasteiger partial charge in [0.05, 0.1) is 18.0 Å². The zero-order valence-electron chi connectivity index (χ0n) is 29.1. The number of benzene rings is 2. The van der Waals surface area contributed by atoms with E-state index in [1.165, 1.54) is 34.0 Å². The van der Waals surface area contributed by atoms with Crippen molar-refractivity contribution in [1.82, 2.24) is 24.6 Å². The van der Waals surface area contributed by atoms with Crippen LogP contribution < -0.4 is 21.1 Å². The maximum absolute atomic E-state index is 14.7. The molecule has 2 aromatic heterocycles. The number of halogens is 3. The van der Waals surface area contributed by atoms with Crippen LogP contribution >= 0.6 is 0 Å². The number of amides is 2. The molecular formula is C36H39F3N8O6. The Hall–Kier alpha value is -5.87. The predicted molar refractivity (Wildman–Crippen MR) is 185 cm³/mol. The minimum Gasteiger partial charge on any atom is -0.464 e. The molecule has 0 saturated carbocycles. The number of nitrogen functional groups attached to an aromatic ring is 1. The molecule has 4 heterocycles. The highest BCUT2D eigenvalue weighted by Crippen LogP contribution is 2.45. The molecule has 0 radical (unpaired) electrons. The van der Waals surface area contributed by atoms with Gasteiger partial charge in [0.1, 0.15) is 18.5 Å². The van der Waals surface area contributed by atoms with Gasteiger partial charge < -0.3 is 30.6 Å². The maximum atomic E-state index is 14.7. The third kappa shape index (κ3) is 8.29. The second-order valence-electron chi connectivity index (χ2n) is 13.1. The number of carbonyl (C=O) groups excluding carboxylic acids is 3. The lowest BCUT2D eigenvalue weighted by molar-refractivity contribution is -0.198. The fourth-order valence-corrected chi connectivity index (χ4v) is 6.82. The van der Waals surface area contributed by atoms with Crippen LogP contribution in [-0.4, -0.2) is 81.1 Å². The van der Waals surface area contributed by atoms with Gasteiger partial charge in [-0.15, -0.1) is 0 Å². The van der Waals surface area contributed by atoms with E-state index in [0.29, 0.717) is 38.0 Å². The van der Waals surface area contributed by atoms with Crippen molar-refractivity contribution in [2.45, 2.75) is 58.0 Å². The number of piperidine rings is 1. The number of esters is 1. The number of hydrogen-bond donors (Lipinski definition) is 2. The molecule has 2 aliphatic rings. The summed E-state index contributed by atoms with van der Waals surface area (Å²) in [5.74, 6) is -1.82. The van der Waals surface area contributed by atoms with Crippen molar-refractivity contribution in [1.29, 1.82) is 0 Å². The Morgan fingerprint density at radius 3 is 2.40 bits per heavy atom. The molecule has 14 nitrogen and oxygen atoms in total. The molecule has 2 atom stereocenters. The molecule has 0 aliphatic carbocycles. The van der Waals surface area contributed by atoms with Gasteiger partial charge >= 0.3 is 18.2 Å². The first kappa shape index (κ1) is 36.9. The van der Waals surface area contributed by atoms with Crippen LogP contribution in [-0.2, 0) is 20.9 Å². The molecule has 6 rings (SSSR count). The Bertz CT molecular complexity index is 1970. The number of aromatic nitrogens is 4. The molecule has 4 aromatic rings. The van der Waals surface area contributed by atoms with E-state index in [1.54, 1.807) is 19.9 Å².